The zero-order chi connectivity index (χ0) is 16.0. The molecule has 0 radical (unpaired) electrons. The van der Waals surface area contributed by atoms with E-state index in [1.54, 1.807) is 24.3 Å². The third kappa shape index (κ3) is 11.9. The van der Waals surface area contributed by atoms with E-state index in [-0.39, 0.29) is 0 Å². The number of phenols is 1. The molecule has 0 amide bonds. The van der Waals surface area contributed by atoms with Crippen LogP contribution >= 0.6 is 8.25 Å². The van der Waals surface area contributed by atoms with Gasteiger partial charge in [-0.2, -0.15) is 0 Å². The molecule has 9 heteroatoms. The van der Waals surface area contributed by atoms with Crippen LogP contribution in [-0.4, -0.2) is 61.7 Å². The molecule has 1 aromatic rings. The van der Waals surface area contributed by atoms with E-state index in [2.05, 4.69) is 0 Å². The minimum atomic E-state index is -2.87. The first-order valence-electron chi connectivity index (χ1n) is 5.40. The van der Waals surface area contributed by atoms with E-state index < -0.39 is 40.1 Å². The molecule has 1 aromatic carbocycles. The Morgan fingerprint density at radius 1 is 0.850 bits per heavy atom. The highest BCUT2D eigenvalue weighted by atomic mass is 31.1. The van der Waals surface area contributed by atoms with Gasteiger partial charge < -0.3 is 25.5 Å². The Hall–Kier alpha value is -1.12. The molecule has 0 fully saturated rings. The predicted molar refractivity (Wildman–Crippen MR) is 70.9 cm³/mol. The molecule has 0 atom stereocenters. The number of aromatic hydroxyl groups is 1. The van der Waals surface area contributed by atoms with E-state index in [1.807, 2.05) is 6.07 Å². The van der Waals surface area contributed by atoms with Crippen molar-refractivity contribution in [2.45, 2.75) is 0 Å². The van der Waals surface area contributed by atoms with Crippen LogP contribution in [0.2, 0.25) is 0 Å². The summed E-state index contributed by atoms with van der Waals surface area (Å²) in [5.74, 6) is 0.322. The van der Waals surface area contributed by atoms with Gasteiger partial charge in [-0.15, -0.1) is 9.79 Å². The fraction of sp³-hybridized carbons (Fsp3) is 0.455. The smallest absolute Gasteiger partial charge is 0.508 e. The highest BCUT2D eigenvalue weighted by Gasteiger charge is 2.26. The fourth-order valence-corrected chi connectivity index (χ4v) is 0.728. The van der Waals surface area contributed by atoms with Gasteiger partial charge >= 0.3 is 8.25 Å². The molecule has 0 saturated carbocycles. The lowest BCUT2D eigenvalue weighted by molar-refractivity contribution is -0.0328. The highest BCUT2D eigenvalue weighted by Crippen LogP contribution is 2.11. The molecule has 0 aliphatic rings. The Bertz CT molecular complexity index is 320. The van der Waals surface area contributed by atoms with E-state index in [9.17, 15) is 0 Å². The predicted octanol–water partition coefficient (Wildman–Crippen LogP) is -1.04. The van der Waals surface area contributed by atoms with Crippen LogP contribution in [-0.2, 0) is 4.57 Å². The Morgan fingerprint density at radius 3 is 1.25 bits per heavy atom. The molecule has 116 valence electrons. The third-order valence-corrected chi connectivity index (χ3v) is 2.10. The van der Waals surface area contributed by atoms with Crippen LogP contribution in [0.3, 0.4) is 0 Å². The molecule has 1 rings (SSSR count). The van der Waals surface area contributed by atoms with Gasteiger partial charge in [-0.25, -0.2) is 0 Å². The second-order valence-electron chi connectivity index (χ2n) is 3.72. The summed E-state index contributed by atoms with van der Waals surface area (Å²) in [5, 5.41) is 42.6. The van der Waals surface area contributed by atoms with Crippen LogP contribution in [0.4, 0.5) is 0 Å². The minimum Gasteiger partial charge on any atom is -0.508 e. The highest BCUT2D eigenvalue weighted by molar-refractivity contribution is 7.30. The van der Waals surface area contributed by atoms with Crippen molar-refractivity contribution >= 4 is 8.25 Å². The van der Waals surface area contributed by atoms with Crippen LogP contribution in [0.1, 0.15) is 0 Å². The molecule has 0 heterocycles. The summed E-state index contributed by atoms with van der Waals surface area (Å²) in [6, 6.07) is 8.71. The standard InChI is InChI=1S/C6H6O.C5H12O4.HO3P/c7-6-4-2-1-3-5-6;6-1-5(2-7,3-8)4-9;1-4(2)3/h1-5,7H;6-9H,1-4H2;(H-,1,2,3)/p+1. The molecule has 0 aromatic heterocycles. The van der Waals surface area contributed by atoms with Crippen LogP contribution in [0.25, 0.3) is 0 Å². The van der Waals surface area contributed by atoms with Gasteiger partial charge in [-0.05, 0) is 12.1 Å². The summed E-state index contributed by atoms with van der Waals surface area (Å²) in [6.45, 7) is -1.62. The molecule has 0 spiro atoms. The van der Waals surface area contributed by atoms with Gasteiger partial charge in [0, 0.05) is 4.57 Å². The second kappa shape index (κ2) is 12.9. The molecule has 0 bridgehead atoms. The van der Waals surface area contributed by atoms with E-state index >= 15 is 0 Å². The number of phenolic OH excluding ortho intramolecular Hbond substituents is 1. The van der Waals surface area contributed by atoms with E-state index in [0.717, 1.165) is 0 Å². The molecular formula is C11H20O8P+. The van der Waals surface area contributed by atoms with Crippen molar-refractivity contribution in [2.24, 2.45) is 5.41 Å². The van der Waals surface area contributed by atoms with Crippen LogP contribution < -0.4 is 0 Å². The van der Waals surface area contributed by atoms with Gasteiger partial charge in [-0.1, -0.05) is 18.2 Å². The van der Waals surface area contributed by atoms with Gasteiger partial charge in [0.15, 0.2) is 0 Å². The minimum absolute atomic E-state index is 0.322. The van der Waals surface area contributed by atoms with Crippen LogP contribution in [0.15, 0.2) is 30.3 Å². The zero-order valence-electron chi connectivity index (χ0n) is 10.7. The number of para-hydroxylation sites is 1. The lowest BCUT2D eigenvalue weighted by atomic mass is 9.93. The van der Waals surface area contributed by atoms with Crippen molar-refractivity contribution in [1.29, 1.82) is 0 Å². The van der Waals surface area contributed by atoms with Crippen molar-refractivity contribution < 1.29 is 39.9 Å². The van der Waals surface area contributed by atoms with Crippen LogP contribution in [0.5, 0.6) is 5.75 Å². The average molecular weight is 311 g/mol. The normalized spacial score (nSPS) is 9.70. The van der Waals surface area contributed by atoms with Gasteiger partial charge in [0.25, 0.3) is 0 Å². The monoisotopic (exact) mass is 311 g/mol. The molecule has 7 N–H and O–H groups in total. The van der Waals surface area contributed by atoms with Crippen molar-refractivity contribution in [3.05, 3.63) is 30.3 Å². The summed E-state index contributed by atoms with van der Waals surface area (Å²) < 4.78 is 8.70. The SMILES string of the molecule is O=[P+](O)O.OCC(CO)(CO)CO.Oc1ccccc1. The number of hydrogen-bond donors (Lipinski definition) is 7. The first-order chi connectivity index (χ1) is 9.37. The number of rotatable bonds is 4. The first kappa shape index (κ1) is 21.2. The summed E-state index contributed by atoms with van der Waals surface area (Å²) in [7, 11) is -2.87. The summed E-state index contributed by atoms with van der Waals surface area (Å²) in [5.41, 5.74) is -1.11. The lowest BCUT2D eigenvalue weighted by Crippen LogP contribution is -2.37. The number of aliphatic hydroxyl groups excluding tert-OH is 4. The summed E-state index contributed by atoms with van der Waals surface area (Å²) >= 11 is 0. The summed E-state index contributed by atoms with van der Waals surface area (Å²) in [6.07, 6.45) is 0. The first-order valence-corrected chi connectivity index (χ1v) is 6.56. The maximum absolute atomic E-state index is 8.70. The molecule has 8 nitrogen and oxygen atoms in total. The Morgan fingerprint density at radius 2 is 1.15 bits per heavy atom. The summed E-state index contributed by atoms with van der Waals surface area (Å²) in [4.78, 5) is 14.2. The zero-order valence-corrected chi connectivity index (χ0v) is 11.6. The van der Waals surface area contributed by atoms with Gasteiger partial charge in [0.2, 0.25) is 0 Å². The van der Waals surface area contributed by atoms with Crippen molar-refractivity contribution in [3.63, 3.8) is 0 Å². The maximum atomic E-state index is 8.70. The van der Waals surface area contributed by atoms with Crippen molar-refractivity contribution in [1.82, 2.24) is 0 Å². The Labute approximate surface area is 117 Å². The largest absolute Gasteiger partial charge is 0.692 e. The Kier molecular flexibility index (Phi) is 13.7. The van der Waals surface area contributed by atoms with E-state index in [1.165, 1.54) is 0 Å². The molecular weight excluding hydrogens is 291 g/mol. The van der Waals surface area contributed by atoms with Gasteiger partial charge in [0.1, 0.15) is 5.75 Å². The lowest BCUT2D eigenvalue weighted by Gasteiger charge is -2.23. The van der Waals surface area contributed by atoms with Gasteiger partial charge in [-0.3, -0.25) is 0 Å². The molecule has 0 saturated heterocycles. The van der Waals surface area contributed by atoms with Gasteiger partial charge in [0.05, 0.1) is 31.8 Å². The second-order valence-corrected chi connectivity index (χ2v) is 4.23. The topological polar surface area (TPSA) is 159 Å². The fourth-order valence-electron chi connectivity index (χ4n) is 0.728. The Balaban J connectivity index is 0. The maximum Gasteiger partial charge on any atom is 0.692 e. The van der Waals surface area contributed by atoms with Crippen molar-refractivity contribution in [2.75, 3.05) is 26.4 Å². The number of hydrogen-bond acceptors (Lipinski definition) is 6. The third-order valence-electron chi connectivity index (χ3n) is 2.10. The molecule has 0 aliphatic carbocycles. The number of aliphatic hydroxyl groups is 4. The molecule has 20 heavy (non-hydrogen) atoms. The number of benzene rings is 1. The van der Waals surface area contributed by atoms with E-state index in [0.29, 0.717) is 5.75 Å². The van der Waals surface area contributed by atoms with E-state index in [4.69, 9.17) is 39.9 Å². The quantitative estimate of drug-likeness (QED) is 0.347. The van der Waals surface area contributed by atoms with Crippen molar-refractivity contribution in [3.8, 4) is 5.75 Å². The molecule has 0 unspecified atom stereocenters. The van der Waals surface area contributed by atoms with Crippen LogP contribution in [0, 0.1) is 5.41 Å². The average Bonchev–Trinajstić information content (AvgIpc) is 2.43. The molecule has 0 aliphatic heterocycles.